The normalized spacial score (nSPS) is 14.2. The van der Waals surface area contributed by atoms with Crippen molar-refractivity contribution in [1.29, 1.82) is 0 Å². The summed E-state index contributed by atoms with van der Waals surface area (Å²) in [6.45, 7) is 8.05. The first-order chi connectivity index (χ1) is 6.26. The number of hydrogen-bond donors (Lipinski definition) is 1. The average Bonchev–Trinajstić information content (AvgIpc) is 2.14. The lowest BCUT2D eigenvalue weighted by Crippen LogP contribution is -2.17. The zero-order chi connectivity index (χ0) is 10.1. The van der Waals surface area contributed by atoms with Gasteiger partial charge in [-0.3, -0.25) is 0 Å². The molecule has 0 amide bonds. The first kappa shape index (κ1) is 12.7. The van der Waals surface area contributed by atoms with Gasteiger partial charge in [-0.2, -0.15) is 0 Å². The molecule has 0 saturated carbocycles. The van der Waals surface area contributed by atoms with Crippen LogP contribution < -0.4 is 0 Å². The highest BCUT2D eigenvalue weighted by Gasteiger charge is 2.13. The predicted molar refractivity (Wildman–Crippen MR) is 58.4 cm³/mol. The van der Waals surface area contributed by atoms with Crippen LogP contribution in [0.4, 0.5) is 0 Å². The second-order valence-corrected chi connectivity index (χ2v) is 3.54. The van der Waals surface area contributed by atoms with Crippen LogP contribution in [0.1, 0.15) is 46.0 Å². The van der Waals surface area contributed by atoms with Gasteiger partial charge in [0, 0.05) is 0 Å². The Morgan fingerprint density at radius 3 is 2.15 bits per heavy atom. The van der Waals surface area contributed by atoms with Gasteiger partial charge in [0.15, 0.2) is 0 Å². The molecule has 1 atom stereocenters. The van der Waals surface area contributed by atoms with Crippen molar-refractivity contribution in [2.75, 3.05) is 0 Å². The molecular formula is C12H23O. The molecule has 0 spiro atoms. The van der Waals surface area contributed by atoms with E-state index in [2.05, 4.69) is 20.8 Å². The Balaban J connectivity index is 3.93. The minimum atomic E-state index is -0.262. The Kier molecular flexibility index (Phi) is 8.11. The van der Waals surface area contributed by atoms with Crippen LogP contribution in [0.3, 0.4) is 0 Å². The topological polar surface area (TPSA) is 20.2 Å². The smallest absolute Gasteiger partial charge is 0.0749 e. The highest BCUT2D eigenvalue weighted by atomic mass is 16.3. The van der Waals surface area contributed by atoms with E-state index >= 15 is 0 Å². The van der Waals surface area contributed by atoms with E-state index in [9.17, 15) is 5.11 Å². The molecule has 0 aromatic heterocycles. The van der Waals surface area contributed by atoms with Crippen molar-refractivity contribution in [3.8, 4) is 0 Å². The summed E-state index contributed by atoms with van der Waals surface area (Å²) in [5.41, 5.74) is 0. The third-order valence-corrected chi connectivity index (χ3v) is 2.30. The maximum atomic E-state index is 9.79. The molecule has 1 N–H and O–H groups in total. The second-order valence-electron chi connectivity index (χ2n) is 3.54. The first-order valence-electron chi connectivity index (χ1n) is 5.40. The van der Waals surface area contributed by atoms with Crippen molar-refractivity contribution in [2.24, 2.45) is 5.92 Å². The SMILES string of the molecule is [CH2]C/C=C/C(O)C(CCC)CCC. The molecule has 0 aromatic carbocycles. The zero-order valence-corrected chi connectivity index (χ0v) is 9.00. The molecule has 0 heterocycles. The highest BCUT2D eigenvalue weighted by molar-refractivity contribution is 4.92. The van der Waals surface area contributed by atoms with E-state index in [1.54, 1.807) is 0 Å². The second kappa shape index (κ2) is 8.31. The molecule has 0 bridgehead atoms. The molecule has 1 unspecified atom stereocenters. The molecule has 1 heteroatoms. The number of rotatable bonds is 7. The lowest BCUT2D eigenvalue weighted by atomic mass is 9.92. The van der Waals surface area contributed by atoms with E-state index in [0.29, 0.717) is 5.92 Å². The number of aliphatic hydroxyl groups is 1. The van der Waals surface area contributed by atoms with E-state index in [4.69, 9.17) is 0 Å². The predicted octanol–water partition coefficient (Wildman–Crippen LogP) is 3.34. The molecule has 0 fully saturated rings. The van der Waals surface area contributed by atoms with Crippen LogP contribution in [0.15, 0.2) is 12.2 Å². The fraction of sp³-hybridized carbons (Fsp3) is 0.750. The van der Waals surface area contributed by atoms with Crippen molar-refractivity contribution >= 4 is 0 Å². The quantitative estimate of drug-likeness (QED) is 0.600. The van der Waals surface area contributed by atoms with Crippen molar-refractivity contribution in [2.45, 2.75) is 52.1 Å². The third-order valence-electron chi connectivity index (χ3n) is 2.30. The zero-order valence-electron chi connectivity index (χ0n) is 9.00. The Bertz CT molecular complexity index is 123. The van der Waals surface area contributed by atoms with Gasteiger partial charge in [-0.15, -0.1) is 0 Å². The third kappa shape index (κ3) is 5.87. The molecule has 0 saturated heterocycles. The van der Waals surface area contributed by atoms with Crippen LogP contribution in [0.25, 0.3) is 0 Å². The summed E-state index contributed by atoms with van der Waals surface area (Å²) < 4.78 is 0. The summed E-state index contributed by atoms with van der Waals surface area (Å²) in [7, 11) is 0. The Morgan fingerprint density at radius 1 is 1.23 bits per heavy atom. The number of allylic oxidation sites excluding steroid dienone is 1. The first-order valence-corrected chi connectivity index (χ1v) is 5.40. The van der Waals surface area contributed by atoms with Gasteiger partial charge >= 0.3 is 0 Å². The van der Waals surface area contributed by atoms with E-state index in [1.807, 2.05) is 12.2 Å². The van der Waals surface area contributed by atoms with Gasteiger partial charge in [0.05, 0.1) is 6.10 Å². The van der Waals surface area contributed by atoms with Crippen LogP contribution in [-0.4, -0.2) is 11.2 Å². The molecule has 0 aliphatic rings. The van der Waals surface area contributed by atoms with Crippen LogP contribution in [0.2, 0.25) is 0 Å². The molecule has 1 nitrogen and oxygen atoms in total. The fourth-order valence-corrected chi connectivity index (χ4v) is 1.62. The van der Waals surface area contributed by atoms with E-state index in [-0.39, 0.29) is 6.10 Å². The molecule has 13 heavy (non-hydrogen) atoms. The Labute approximate surface area is 82.9 Å². The van der Waals surface area contributed by atoms with Crippen molar-refractivity contribution < 1.29 is 5.11 Å². The summed E-state index contributed by atoms with van der Waals surface area (Å²) in [5, 5.41) is 9.79. The molecule has 0 rings (SSSR count). The van der Waals surface area contributed by atoms with Crippen molar-refractivity contribution in [3.63, 3.8) is 0 Å². The van der Waals surface area contributed by atoms with Crippen molar-refractivity contribution in [3.05, 3.63) is 19.1 Å². The summed E-state index contributed by atoms with van der Waals surface area (Å²) >= 11 is 0. The van der Waals surface area contributed by atoms with E-state index in [0.717, 1.165) is 32.1 Å². The van der Waals surface area contributed by atoms with Gasteiger partial charge in [0.2, 0.25) is 0 Å². The Morgan fingerprint density at radius 2 is 1.77 bits per heavy atom. The van der Waals surface area contributed by atoms with Gasteiger partial charge in [-0.1, -0.05) is 38.8 Å². The van der Waals surface area contributed by atoms with Gasteiger partial charge in [0.25, 0.3) is 0 Å². The molecular weight excluding hydrogens is 160 g/mol. The maximum Gasteiger partial charge on any atom is 0.0749 e. The van der Waals surface area contributed by atoms with E-state index in [1.165, 1.54) is 0 Å². The lowest BCUT2D eigenvalue weighted by Gasteiger charge is -2.18. The standard InChI is InChI=1S/C12H23O/c1-4-7-10-12(13)11(8-5-2)9-6-3/h7,10-13H,1,4-6,8-9H2,2-3H3/b10-7+. The average molecular weight is 183 g/mol. The Hall–Kier alpha value is -0.300. The maximum absolute atomic E-state index is 9.79. The summed E-state index contributed by atoms with van der Waals surface area (Å²) in [5.74, 6) is 0.442. The molecule has 0 aliphatic carbocycles. The molecule has 0 aromatic rings. The van der Waals surface area contributed by atoms with Gasteiger partial charge in [-0.05, 0) is 32.1 Å². The monoisotopic (exact) mass is 183 g/mol. The van der Waals surface area contributed by atoms with Crippen molar-refractivity contribution in [1.82, 2.24) is 0 Å². The summed E-state index contributed by atoms with van der Waals surface area (Å²) in [4.78, 5) is 0. The highest BCUT2D eigenvalue weighted by Crippen LogP contribution is 2.18. The minimum absolute atomic E-state index is 0.262. The van der Waals surface area contributed by atoms with Crippen LogP contribution in [0, 0.1) is 12.8 Å². The number of aliphatic hydroxyl groups excluding tert-OH is 1. The van der Waals surface area contributed by atoms with Gasteiger partial charge < -0.3 is 5.11 Å². The molecule has 0 aliphatic heterocycles. The van der Waals surface area contributed by atoms with Gasteiger partial charge in [0.1, 0.15) is 0 Å². The van der Waals surface area contributed by atoms with Crippen LogP contribution in [-0.2, 0) is 0 Å². The minimum Gasteiger partial charge on any atom is -0.389 e. The molecule has 77 valence electrons. The molecule has 1 radical (unpaired) electrons. The summed E-state index contributed by atoms with van der Waals surface area (Å²) in [6.07, 6.45) is 8.89. The lowest BCUT2D eigenvalue weighted by molar-refractivity contribution is 0.139. The summed E-state index contributed by atoms with van der Waals surface area (Å²) in [6, 6.07) is 0. The van der Waals surface area contributed by atoms with Crippen LogP contribution >= 0.6 is 0 Å². The fourth-order valence-electron chi connectivity index (χ4n) is 1.62. The number of hydrogen-bond acceptors (Lipinski definition) is 1. The van der Waals surface area contributed by atoms with Crippen LogP contribution in [0.5, 0.6) is 0 Å². The largest absolute Gasteiger partial charge is 0.389 e. The van der Waals surface area contributed by atoms with Gasteiger partial charge in [-0.25, -0.2) is 0 Å². The van der Waals surface area contributed by atoms with E-state index < -0.39 is 0 Å².